The number of amides is 1. The number of rotatable bonds is 4. The van der Waals surface area contributed by atoms with E-state index in [-0.39, 0.29) is 5.91 Å². The molecule has 1 aromatic rings. The van der Waals surface area contributed by atoms with Gasteiger partial charge in [0.2, 0.25) is 5.91 Å². The third-order valence-corrected chi connectivity index (χ3v) is 1.89. The first-order chi connectivity index (χ1) is 8.11. The van der Waals surface area contributed by atoms with Crippen LogP contribution in [-0.2, 0) is 9.59 Å². The largest absolute Gasteiger partial charge is 0.478 e. The Hall–Kier alpha value is -2.36. The minimum absolute atomic E-state index is 0.216. The number of benzene rings is 1. The Labute approximate surface area is 99.3 Å². The Bertz CT molecular complexity index is 475. The summed E-state index contributed by atoms with van der Waals surface area (Å²) in [6.45, 7) is 1.76. The molecule has 0 aliphatic rings. The molecule has 2 N–H and O–H groups in total. The number of hydrogen-bond donors (Lipinski definition) is 2. The Morgan fingerprint density at radius 1 is 1.29 bits per heavy atom. The monoisotopic (exact) mass is 231 g/mol. The molecule has 4 nitrogen and oxygen atoms in total. The van der Waals surface area contributed by atoms with E-state index in [0.29, 0.717) is 11.3 Å². The van der Waals surface area contributed by atoms with Crippen LogP contribution in [0, 0.1) is 0 Å². The second-order valence-corrected chi connectivity index (χ2v) is 3.29. The molecule has 1 amide bonds. The molecule has 0 bridgehead atoms. The van der Waals surface area contributed by atoms with Crippen LogP contribution in [0.25, 0.3) is 6.08 Å². The van der Waals surface area contributed by atoms with Crippen molar-refractivity contribution in [2.75, 3.05) is 5.32 Å². The van der Waals surface area contributed by atoms with Crippen molar-refractivity contribution in [2.45, 2.75) is 6.92 Å². The number of nitrogens with one attached hydrogen (secondary N) is 1. The van der Waals surface area contributed by atoms with Gasteiger partial charge in [0, 0.05) is 11.8 Å². The molecular formula is C13H13NO3. The smallest absolute Gasteiger partial charge is 0.328 e. The summed E-state index contributed by atoms with van der Waals surface area (Å²) in [7, 11) is 0. The lowest BCUT2D eigenvalue weighted by Crippen LogP contribution is -2.07. The van der Waals surface area contributed by atoms with Crippen molar-refractivity contribution in [2.24, 2.45) is 0 Å². The zero-order valence-electron chi connectivity index (χ0n) is 9.38. The summed E-state index contributed by atoms with van der Waals surface area (Å²) in [4.78, 5) is 21.6. The predicted molar refractivity (Wildman–Crippen MR) is 66.6 cm³/mol. The molecule has 17 heavy (non-hydrogen) atoms. The molecule has 0 aromatic heterocycles. The van der Waals surface area contributed by atoms with E-state index in [4.69, 9.17) is 5.11 Å². The van der Waals surface area contributed by atoms with Gasteiger partial charge in [0.1, 0.15) is 0 Å². The minimum atomic E-state index is -1.01. The van der Waals surface area contributed by atoms with E-state index >= 15 is 0 Å². The van der Waals surface area contributed by atoms with Crippen molar-refractivity contribution < 1.29 is 14.7 Å². The summed E-state index contributed by atoms with van der Waals surface area (Å²) in [6, 6.07) is 6.93. The maximum absolute atomic E-state index is 11.3. The summed E-state index contributed by atoms with van der Waals surface area (Å²) in [5.74, 6) is -1.22. The van der Waals surface area contributed by atoms with Crippen molar-refractivity contribution in [3.8, 4) is 0 Å². The molecule has 0 saturated carbocycles. The highest BCUT2D eigenvalue weighted by Crippen LogP contribution is 2.12. The van der Waals surface area contributed by atoms with E-state index in [1.165, 1.54) is 12.2 Å². The van der Waals surface area contributed by atoms with Crippen molar-refractivity contribution in [1.29, 1.82) is 0 Å². The van der Waals surface area contributed by atoms with E-state index in [1.807, 2.05) is 0 Å². The molecule has 1 aromatic carbocycles. The molecule has 0 heterocycles. The summed E-state index contributed by atoms with van der Waals surface area (Å²) >= 11 is 0. The lowest BCUT2D eigenvalue weighted by atomic mass is 10.2. The molecule has 0 unspecified atom stereocenters. The van der Waals surface area contributed by atoms with Crippen LogP contribution in [0.15, 0.2) is 42.5 Å². The summed E-state index contributed by atoms with van der Waals surface area (Å²) in [6.07, 6.45) is 5.57. The van der Waals surface area contributed by atoms with Crippen LogP contribution in [0.5, 0.6) is 0 Å². The topological polar surface area (TPSA) is 66.4 Å². The first kappa shape index (κ1) is 12.7. The van der Waals surface area contributed by atoms with Gasteiger partial charge >= 0.3 is 5.97 Å². The number of allylic oxidation sites excluding steroid dienone is 1. The third-order valence-electron chi connectivity index (χ3n) is 1.89. The van der Waals surface area contributed by atoms with Crippen LogP contribution in [-0.4, -0.2) is 17.0 Å². The van der Waals surface area contributed by atoms with Crippen LogP contribution < -0.4 is 5.32 Å². The standard InChI is InChI=1S/C13H13NO3/c1-2-4-12(15)14-11-6-3-5-10(9-11)7-8-13(16)17/h2-9H,1H3,(H,14,15)(H,16,17)/b4-2+,8-7+. The second kappa shape index (κ2) is 6.27. The summed E-state index contributed by atoms with van der Waals surface area (Å²) < 4.78 is 0. The quantitative estimate of drug-likeness (QED) is 0.781. The highest BCUT2D eigenvalue weighted by molar-refractivity contribution is 5.99. The Morgan fingerprint density at radius 3 is 2.71 bits per heavy atom. The van der Waals surface area contributed by atoms with Crippen molar-refractivity contribution >= 4 is 23.6 Å². The average Bonchev–Trinajstić information content (AvgIpc) is 2.27. The van der Waals surface area contributed by atoms with Crippen LogP contribution >= 0.6 is 0 Å². The van der Waals surface area contributed by atoms with Gasteiger partial charge in [-0.2, -0.15) is 0 Å². The molecule has 0 atom stereocenters. The summed E-state index contributed by atoms with van der Waals surface area (Å²) in [5.41, 5.74) is 1.34. The number of carbonyl (C=O) groups is 2. The lowest BCUT2D eigenvalue weighted by molar-refractivity contribution is -0.131. The van der Waals surface area contributed by atoms with E-state index in [9.17, 15) is 9.59 Å². The van der Waals surface area contributed by atoms with Gasteiger partial charge in [-0.15, -0.1) is 0 Å². The van der Waals surface area contributed by atoms with Crippen LogP contribution in [0.3, 0.4) is 0 Å². The Kier molecular flexibility index (Phi) is 4.69. The van der Waals surface area contributed by atoms with E-state index < -0.39 is 5.97 Å². The van der Waals surface area contributed by atoms with Crippen LogP contribution in [0.2, 0.25) is 0 Å². The number of carboxylic acid groups (broad SMARTS) is 1. The first-order valence-corrected chi connectivity index (χ1v) is 5.06. The molecule has 88 valence electrons. The van der Waals surface area contributed by atoms with E-state index in [0.717, 1.165) is 6.08 Å². The van der Waals surface area contributed by atoms with Crippen LogP contribution in [0.4, 0.5) is 5.69 Å². The van der Waals surface area contributed by atoms with E-state index in [2.05, 4.69) is 5.32 Å². The van der Waals surface area contributed by atoms with Gasteiger partial charge in [0.05, 0.1) is 0 Å². The molecule has 0 fully saturated rings. The second-order valence-electron chi connectivity index (χ2n) is 3.29. The molecule has 1 rings (SSSR count). The van der Waals surface area contributed by atoms with Gasteiger partial charge < -0.3 is 10.4 Å². The van der Waals surface area contributed by atoms with Gasteiger partial charge in [0.15, 0.2) is 0 Å². The zero-order valence-corrected chi connectivity index (χ0v) is 9.38. The van der Waals surface area contributed by atoms with Crippen LogP contribution in [0.1, 0.15) is 12.5 Å². The fourth-order valence-corrected chi connectivity index (χ4v) is 1.22. The Morgan fingerprint density at radius 2 is 2.06 bits per heavy atom. The third kappa shape index (κ3) is 4.79. The fourth-order valence-electron chi connectivity index (χ4n) is 1.22. The van der Waals surface area contributed by atoms with Gasteiger partial charge in [-0.25, -0.2) is 4.79 Å². The Balaban J connectivity index is 2.79. The normalized spacial score (nSPS) is 10.9. The molecular weight excluding hydrogens is 218 g/mol. The average molecular weight is 231 g/mol. The van der Waals surface area contributed by atoms with Crippen molar-refractivity contribution in [3.05, 3.63) is 48.1 Å². The van der Waals surface area contributed by atoms with E-state index in [1.54, 1.807) is 37.3 Å². The van der Waals surface area contributed by atoms with Gasteiger partial charge in [0.25, 0.3) is 0 Å². The maximum atomic E-state index is 11.3. The maximum Gasteiger partial charge on any atom is 0.328 e. The molecule has 0 saturated heterocycles. The van der Waals surface area contributed by atoms with Gasteiger partial charge in [-0.1, -0.05) is 18.2 Å². The zero-order chi connectivity index (χ0) is 12.7. The molecule has 0 spiro atoms. The number of anilines is 1. The summed E-state index contributed by atoms with van der Waals surface area (Å²) in [5, 5.41) is 11.2. The molecule has 0 aliphatic heterocycles. The minimum Gasteiger partial charge on any atom is -0.478 e. The predicted octanol–water partition coefficient (Wildman–Crippen LogP) is 2.30. The number of carboxylic acids is 1. The SMILES string of the molecule is C/C=C/C(=O)Nc1cccc(/C=C/C(=O)O)c1. The molecule has 4 heteroatoms. The van der Waals surface area contributed by atoms with Gasteiger partial charge in [-0.3, -0.25) is 4.79 Å². The van der Waals surface area contributed by atoms with Crippen molar-refractivity contribution in [3.63, 3.8) is 0 Å². The first-order valence-electron chi connectivity index (χ1n) is 5.06. The molecule has 0 radical (unpaired) electrons. The number of hydrogen-bond acceptors (Lipinski definition) is 2. The number of carbonyl (C=O) groups excluding carboxylic acids is 1. The fraction of sp³-hybridized carbons (Fsp3) is 0.0769. The highest BCUT2D eigenvalue weighted by Gasteiger charge is 1.97. The van der Waals surface area contributed by atoms with Crippen molar-refractivity contribution in [1.82, 2.24) is 0 Å². The molecule has 0 aliphatic carbocycles. The number of aliphatic carboxylic acids is 1. The lowest BCUT2D eigenvalue weighted by Gasteiger charge is -2.02. The highest BCUT2D eigenvalue weighted by atomic mass is 16.4. The van der Waals surface area contributed by atoms with Gasteiger partial charge in [-0.05, 0) is 36.8 Å².